The van der Waals surface area contributed by atoms with E-state index < -0.39 is 0 Å². The van der Waals surface area contributed by atoms with Gasteiger partial charge in [-0.3, -0.25) is 9.88 Å². The van der Waals surface area contributed by atoms with Crippen molar-refractivity contribution in [2.24, 2.45) is 0 Å². The van der Waals surface area contributed by atoms with Crippen LogP contribution < -0.4 is 5.32 Å². The number of ether oxygens (including phenoxy) is 1. The summed E-state index contributed by atoms with van der Waals surface area (Å²) in [7, 11) is 0. The highest BCUT2D eigenvalue weighted by Gasteiger charge is 2.36. The highest BCUT2D eigenvalue weighted by molar-refractivity contribution is 5.26. The fourth-order valence-electron chi connectivity index (χ4n) is 3.59. The molecule has 1 N–H and O–H groups in total. The van der Waals surface area contributed by atoms with E-state index in [1.807, 2.05) is 12.4 Å². The highest BCUT2D eigenvalue weighted by atomic mass is 16.5. The molecule has 0 aromatic carbocycles. The maximum atomic E-state index is 6.23. The second-order valence-corrected chi connectivity index (χ2v) is 6.33. The lowest BCUT2D eigenvalue weighted by atomic mass is 9.97. The molecule has 0 aliphatic carbocycles. The van der Waals surface area contributed by atoms with Crippen LogP contribution in [-0.2, 0) is 4.74 Å². The van der Waals surface area contributed by atoms with Crippen molar-refractivity contribution >= 4 is 0 Å². The van der Waals surface area contributed by atoms with Gasteiger partial charge in [0.05, 0.1) is 18.8 Å². The number of nitrogens with one attached hydrogen (secondary N) is 1. The largest absolute Gasteiger partial charge is 0.373 e. The summed E-state index contributed by atoms with van der Waals surface area (Å²) in [6, 6.07) is 3.00. The molecular formula is C17H27N3O. The van der Waals surface area contributed by atoms with E-state index >= 15 is 0 Å². The molecule has 0 radical (unpaired) electrons. The maximum Gasteiger partial charge on any atom is 0.0897 e. The third-order valence-corrected chi connectivity index (χ3v) is 4.82. The highest BCUT2D eigenvalue weighted by Crippen LogP contribution is 2.29. The summed E-state index contributed by atoms with van der Waals surface area (Å²) in [4.78, 5) is 6.94. The van der Waals surface area contributed by atoms with Gasteiger partial charge in [-0.2, -0.15) is 0 Å². The molecule has 2 aliphatic rings. The summed E-state index contributed by atoms with van der Waals surface area (Å²) in [5, 5.41) is 3.68. The number of nitrogens with zero attached hydrogens (tertiary/aromatic N) is 2. The van der Waals surface area contributed by atoms with Crippen molar-refractivity contribution in [1.29, 1.82) is 0 Å². The van der Waals surface area contributed by atoms with Crippen molar-refractivity contribution in [2.75, 3.05) is 26.2 Å². The SMILES string of the molecule is CCCNC(c1cnccc1C)C1CN2CCCC2CO1. The zero-order valence-corrected chi connectivity index (χ0v) is 13.2. The lowest BCUT2D eigenvalue weighted by molar-refractivity contribution is -0.0653. The molecule has 0 saturated carbocycles. The minimum absolute atomic E-state index is 0.230. The first-order valence-corrected chi connectivity index (χ1v) is 8.29. The van der Waals surface area contributed by atoms with Gasteiger partial charge in [-0.05, 0) is 56.5 Å². The zero-order valence-electron chi connectivity index (χ0n) is 13.2. The monoisotopic (exact) mass is 289 g/mol. The molecule has 0 bridgehead atoms. The molecule has 1 aromatic rings. The van der Waals surface area contributed by atoms with Crippen molar-refractivity contribution in [3.8, 4) is 0 Å². The minimum atomic E-state index is 0.230. The van der Waals surface area contributed by atoms with Gasteiger partial charge >= 0.3 is 0 Å². The van der Waals surface area contributed by atoms with Crippen LogP contribution in [0.15, 0.2) is 18.5 Å². The second kappa shape index (κ2) is 6.86. The number of aromatic nitrogens is 1. The molecule has 2 aliphatic heterocycles. The molecule has 116 valence electrons. The number of aryl methyl sites for hydroxylation is 1. The average Bonchev–Trinajstić information content (AvgIpc) is 2.97. The molecule has 0 spiro atoms. The number of morpholine rings is 1. The molecule has 2 saturated heterocycles. The van der Waals surface area contributed by atoms with Gasteiger partial charge in [-0.25, -0.2) is 0 Å². The van der Waals surface area contributed by atoms with Crippen molar-refractivity contribution in [3.05, 3.63) is 29.6 Å². The standard InChI is InChI=1S/C17H27N3O/c1-3-7-19-17(15-10-18-8-6-13(15)2)16-11-20-9-4-5-14(20)12-21-16/h6,8,10,14,16-17,19H,3-5,7,9,11-12H2,1-2H3. The Hall–Kier alpha value is -0.970. The van der Waals surface area contributed by atoms with E-state index in [2.05, 4.69) is 35.1 Å². The van der Waals surface area contributed by atoms with Crippen LogP contribution in [0, 0.1) is 6.92 Å². The van der Waals surface area contributed by atoms with Crippen molar-refractivity contribution < 1.29 is 4.74 Å². The van der Waals surface area contributed by atoms with Crippen LogP contribution in [-0.4, -0.2) is 48.3 Å². The van der Waals surface area contributed by atoms with Crippen LogP contribution in [0.25, 0.3) is 0 Å². The minimum Gasteiger partial charge on any atom is -0.373 e. The first-order chi connectivity index (χ1) is 10.3. The van der Waals surface area contributed by atoms with Crippen LogP contribution >= 0.6 is 0 Å². The Bertz CT molecular complexity index is 465. The molecule has 2 fully saturated rings. The first kappa shape index (κ1) is 14.9. The zero-order chi connectivity index (χ0) is 14.7. The van der Waals surface area contributed by atoms with E-state index in [1.165, 1.54) is 30.5 Å². The van der Waals surface area contributed by atoms with E-state index in [-0.39, 0.29) is 12.1 Å². The fraction of sp³-hybridized carbons (Fsp3) is 0.706. The van der Waals surface area contributed by atoms with Gasteiger partial charge in [-0.15, -0.1) is 0 Å². The van der Waals surface area contributed by atoms with E-state index in [0.29, 0.717) is 6.04 Å². The van der Waals surface area contributed by atoms with E-state index in [9.17, 15) is 0 Å². The number of hydrogen-bond donors (Lipinski definition) is 1. The van der Waals surface area contributed by atoms with Crippen molar-refractivity contribution in [3.63, 3.8) is 0 Å². The quantitative estimate of drug-likeness (QED) is 0.902. The predicted molar refractivity (Wildman–Crippen MR) is 84.3 cm³/mol. The summed E-state index contributed by atoms with van der Waals surface area (Å²) in [6.45, 7) is 8.55. The lowest BCUT2D eigenvalue weighted by Gasteiger charge is -2.39. The number of rotatable bonds is 5. The number of pyridine rings is 1. The number of hydrogen-bond acceptors (Lipinski definition) is 4. The Morgan fingerprint density at radius 2 is 2.43 bits per heavy atom. The lowest BCUT2D eigenvalue weighted by Crippen LogP contribution is -2.50. The predicted octanol–water partition coefficient (Wildman–Crippen LogP) is 2.29. The molecule has 4 heteroatoms. The smallest absolute Gasteiger partial charge is 0.0897 e. The molecule has 0 amide bonds. The molecular weight excluding hydrogens is 262 g/mol. The summed E-state index contributed by atoms with van der Waals surface area (Å²) >= 11 is 0. The fourth-order valence-corrected chi connectivity index (χ4v) is 3.59. The molecule has 3 atom stereocenters. The molecule has 3 heterocycles. The summed E-state index contributed by atoms with van der Waals surface area (Å²) in [5.74, 6) is 0. The van der Waals surface area contributed by atoms with Gasteiger partial charge in [0.1, 0.15) is 0 Å². The number of fused-ring (bicyclic) bond motifs is 1. The summed E-state index contributed by atoms with van der Waals surface area (Å²) in [6.07, 6.45) is 7.85. The van der Waals surface area contributed by atoms with E-state index in [1.54, 1.807) is 0 Å². The summed E-state index contributed by atoms with van der Waals surface area (Å²) in [5.41, 5.74) is 2.58. The molecule has 1 aromatic heterocycles. The molecule has 3 unspecified atom stereocenters. The second-order valence-electron chi connectivity index (χ2n) is 6.33. The Morgan fingerprint density at radius 1 is 1.52 bits per heavy atom. The summed E-state index contributed by atoms with van der Waals surface area (Å²) < 4.78 is 6.23. The third-order valence-electron chi connectivity index (χ3n) is 4.82. The topological polar surface area (TPSA) is 37.4 Å². The van der Waals surface area contributed by atoms with Crippen LogP contribution in [0.4, 0.5) is 0 Å². The molecule has 21 heavy (non-hydrogen) atoms. The van der Waals surface area contributed by atoms with Gasteiger partial charge < -0.3 is 10.1 Å². The Morgan fingerprint density at radius 3 is 3.24 bits per heavy atom. The first-order valence-electron chi connectivity index (χ1n) is 8.29. The Labute approximate surface area is 127 Å². The van der Waals surface area contributed by atoms with Gasteiger partial charge in [0.15, 0.2) is 0 Å². The van der Waals surface area contributed by atoms with Crippen LogP contribution in [0.1, 0.15) is 43.4 Å². The van der Waals surface area contributed by atoms with Crippen molar-refractivity contribution in [1.82, 2.24) is 15.2 Å². The van der Waals surface area contributed by atoms with Crippen LogP contribution in [0.3, 0.4) is 0 Å². The van der Waals surface area contributed by atoms with Crippen molar-refractivity contribution in [2.45, 2.75) is 51.3 Å². The van der Waals surface area contributed by atoms with Crippen LogP contribution in [0.5, 0.6) is 0 Å². The van der Waals surface area contributed by atoms with Gasteiger partial charge in [-0.1, -0.05) is 6.92 Å². The molecule has 4 nitrogen and oxygen atoms in total. The Balaban J connectivity index is 1.77. The van der Waals surface area contributed by atoms with E-state index in [0.717, 1.165) is 26.1 Å². The third kappa shape index (κ3) is 3.28. The van der Waals surface area contributed by atoms with Gasteiger partial charge in [0, 0.05) is 25.0 Å². The van der Waals surface area contributed by atoms with Gasteiger partial charge in [0.25, 0.3) is 0 Å². The van der Waals surface area contributed by atoms with E-state index in [4.69, 9.17) is 4.74 Å². The van der Waals surface area contributed by atoms with Crippen LogP contribution in [0.2, 0.25) is 0 Å². The average molecular weight is 289 g/mol. The Kier molecular flexibility index (Phi) is 4.88. The molecule has 3 rings (SSSR count). The normalized spacial score (nSPS) is 27.5. The maximum absolute atomic E-state index is 6.23. The van der Waals surface area contributed by atoms with Gasteiger partial charge in [0.2, 0.25) is 0 Å².